The molecule has 0 aliphatic heterocycles. The molecular weight excluding hydrogens is 362 g/mol. The first-order chi connectivity index (χ1) is 10.6. The van der Waals surface area contributed by atoms with Crippen LogP contribution in [0.25, 0.3) is 0 Å². The lowest BCUT2D eigenvalue weighted by Crippen LogP contribution is -2.33. The molecule has 3 rings (SSSR count). The first kappa shape index (κ1) is 15.6. The van der Waals surface area contributed by atoms with Crippen LogP contribution in [-0.2, 0) is 16.6 Å². The molecule has 1 N–H and O–H groups in total. The molecule has 1 aliphatic carbocycles. The van der Waals surface area contributed by atoms with Gasteiger partial charge < -0.3 is 5.32 Å². The van der Waals surface area contributed by atoms with Gasteiger partial charge in [0, 0.05) is 21.5 Å². The zero-order chi connectivity index (χ0) is 15.6. The van der Waals surface area contributed by atoms with Crippen LogP contribution in [0.3, 0.4) is 0 Å². The zero-order valence-electron chi connectivity index (χ0n) is 12.1. The van der Waals surface area contributed by atoms with Gasteiger partial charge in [-0.05, 0) is 48.2 Å². The Morgan fingerprint density at radius 1 is 1.09 bits per heavy atom. The summed E-state index contributed by atoms with van der Waals surface area (Å²) in [6.45, 7) is 0.698. The number of halogens is 2. The Kier molecular flexibility index (Phi) is 4.55. The fraction of sp³-hybridized carbons (Fsp3) is 0.278. The minimum Gasteiger partial charge on any atom is -0.355 e. The molecule has 4 heteroatoms. The molecule has 0 atom stereocenters. The van der Waals surface area contributed by atoms with Crippen LogP contribution < -0.4 is 5.32 Å². The second-order valence-electron chi connectivity index (χ2n) is 5.87. The molecule has 2 aromatic rings. The monoisotopic (exact) mass is 377 g/mol. The minimum absolute atomic E-state index is 0.0718. The van der Waals surface area contributed by atoms with Gasteiger partial charge in [0.1, 0.15) is 0 Å². The van der Waals surface area contributed by atoms with E-state index >= 15 is 0 Å². The smallest absolute Gasteiger partial charge is 0.224 e. The van der Waals surface area contributed by atoms with Crippen molar-refractivity contribution in [1.29, 1.82) is 0 Å². The van der Waals surface area contributed by atoms with Crippen molar-refractivity contribution < 1.29 is 4.79 Å². The number of carbonyl (C=O) groups is 1. The molecule has 114 valence electrons. The highest BCUT2D eigenvalue weighted by molar-refractivity contribution is 9.10. The lowest BCUT2D eigenvalue weighted by molar-refractivity contribution is -0.120. The van der Waals surface area contributed by atoms with E-state index in [0.29, 0.717) is 13.0 Å². The molecular formula is C18H17BrClNO. The number of carbonyl (C=O) groups excluding carboxylic acids is 1. The molecule has 1 aliphatic rings. The van der Waals surface area contributed by atoms with E-state index in [1.54, 1.807) is 0 Å². The van der Waals surface area contributed by atoms with Gasteiger partial charge in [-0.3, -0.25) is 4.79 Å². The van der Waals surface area contributed by atoms with Gasteiger partial charge in [-0.15, -0.1) is 0 Å². The maximum Gasteiger partial charge on any atom is 0.224 e. The van der Waals surface area contributed by atoms with Crippen molar-refractivity contribution in [2.75, 3.05) is 6.54 Å². The maximum atomic E-state index is 12.1. The number of nitrogens with one attached hydrogen (secondary N) is 1. The van der Waals surface area contributed by atoms with Crippen molar-refractivity contribution in [3.05, 3.63) is 69.2 Å². The predicted octanol–water partition coefficient (Wildman–Crippen LogP) is 4.49. The Bertz CT molecular complexity index is 662. The van der Waals surface area contributed by atoms with Crippen LogP contribution in [0.1, 0.15) is 24.0 Å². The molecule has 1 fully saturated rings. The third-order valence-corrected chi connectivity index (χ3v) is 4.99. The number of hydrogen-bond donors (Lipinski definition) is 1. The van der Waals surface area contributed by atoms with Crippen LogP contribution in [0.2, 0.25) is 5.02 Å². The van der Waals surface area contributed by atoms with E-state index in [-0.39, 0.29) is 11.3 Å². The minimum atomic E-state index is 0.0718. The molecule has 2 aromatic carbocycles. The molecule has 0 aromatic heterocycles. The molecule has 1 saturated carbocycles. The first-order valence-corrected chi connectivity index (χ1v) is 8.52. The highest BCUT2D eigenvalue weighted by Gasteiger charge is 2.44. The Hall–Kier alpha value is -1.32. The summed E-state index contributed by atoms with van der Waals surface area (Å²) in [4.78, 5) is 12.1. The van der Waals surface area contributed by atoms with Crippen molar-refractivity contribution >= 4 is 33.4 Å². The van der Waals surface area contributed by atoms with Crippen molar-refractivity contribution in [3.8, 4) is 0 Å². The lowest BCUT2D eigenvalue weighted by atomic mass is 9.96. The van der Waals surface area contributed by atoms with Crippen LogP contribution in [0.5, 0.6) is 0 Å². The maximum absolute atomic E-state index is 12.1. The summed E-state index contributed by atoms with van der Waals surface area (Å²) in [6.07, 6.45) is 2.66. The van der Waals surface area contributed by atoms with Crippen molar-refractivity contribution in [2.24, 2.45) is 0 Å². The van der Waals surface area contributed by atoms with Crippen molar-refractivity contribution in [2.45, 2.75) is 24.7 Å². The zero-order valence-corrected chi connectivity index (χ0v) is 14.5. The number of amides is 1. The topological polar surface area (TPSA) is 29.1 Å². The van der Waals surface area contributed by atoms with E-state index < -0.39 is 0 Å². The van der Waals surface area contributed by atoms with Gasteiger partial charge in [0.05, 0.1) is 6.42 Å². The summed E-state index contributed by atoms with van der Waals surface area (Å²) in [5.74, 6) is 0.0718. The third kappa shape index (κ3) is 3.71. The summed E-state index contributed by atoms with van der Waals surface area (Å²) in [6, 6.07) is 15.8. The standard InChI is InChI=1S/C18H17BrClNO/c19-15-5-1-13(2-6-15)11-17(22)21-12-18(9-10-18)14-3-7-16(20)8-4-14/h1-8H,9-12H2,(H,21,22). The van der Waals surface area contributed by atoms with Crippen LogP contribution >= 0.6 is 27.5 Å². The summed E-state index contributed by atoms with van der Waals surface area (Å²) in [5.41, 5.74) is 2.40. The van der Waals surface area contributed by atoms with E-state index in [9.17, 15) is 4.79 Å². The van der Waals surface area contributed by atoms with Crippen LogP contribution in [0.15, 0.2) is 53.0 Å². The highest BCUT2D eigenvalue weighted by atomic mass is 79.9. The second kappa shape index (κ2) is 6.43. The van der Waals surface area contributed by atoms with Gasteiger partial charge >= 0.3 is 0 Å². The average molecular weight is 379 g/mol. The average Bonchev–Trinajstić information content (AvgIpc) is 3.30. The first-order valence-electron chi connectivity index (χ1n) is 7.35. The van der Waals surface area contributed by atoms with Gasteiger partial charge in [0.15, 0.2) is 0 Å². The predicted molar refractivity (Wildman–Crippen MR) is 93.2 cm³/mol. The summed E-state index contributed by atoms with van der Waals surface area (Å²) < 4.78 is 1.02. The van der Waals surface area contributed by atoms with E-state index in [1.165, 1.54) is 5.56 Å². The molecule has 22 heavy (non-hydrogen) atoms. The van der Waals surface area contributed by atoms with Gasteiger partial charge in [-0.2, -0.15) is 0 Å². The summed E-state index contributed by atoms with van der Waals surface area (Å²) >= 11 is 9.34. The molecule has 0 radical (unpaired) electrons. The molecule has 0 bridgehead atoms. The number of benzene rings is 2. The molecule has 2 nitrogen and oxygen atoms in total. The molecule has 0 unspecified atom stereocenters. The SMILES string of the molecule is O=C(Cc1ccc(Br)cc1)NCC1(c2ccc(Cl)cc2)CC1. The second-order valence-corrected chi connectivity index (χ2v) is 7.22. The van der Waals surface area contributed by atoms with E-state index in [0.717, 1.165) is 27.9 Å². The fourth-order valence-electron chi connectivity index (χ4n) is 2.64. The van der Waals surface area contributed by atoms with E-state index in [4.69, 9.17) is 11.6 Å². The Morgan fingerprint density at radius 3 is 2.32 bits per heavy atom. The molecule has 1 amide bonds. The van der Waals surface area contributed by atoms with Crippen molar-refractivity contribution in [3.63, 3.8) is 0 Å². The van der Waals surface area contributed by atoms with Gasteiger partial charge in [0.25, 0.3) is 0 Å². The molecule has 0 heterocycles. The lowest BCUT2D eigenvalue weighted by Gasteiger charge is -2.17. The highest BCUT2D eigenvalue weighted by Crippen LogP contribution is 2.47. The summed E-state index contributed by atoms with van der Waals surface area (Å²) in [5, 5.41) is 3.83. The van der Waals surface area contributed by atoms with Crippen LogP contribution in [-0.4, -0.2) is 12.5 Å². The fourth-order valence-corrected chi connectivity index (χ4v) is 3.03. The van der Waals surface area contributed by atoms with Gasteiger partial charge in [0.2, 0.25) is 5.91 Å². The number of rotatable bonds is 5. The summed E-state index contributed by atoms with van der Waals surface area (Å²) in [7, 11) is 0. The van der Waals surface area contributed by atoms with Gasteiger partial charge in [-0.1, -0.05) is 51.8 Å². The largest absolute Gasteiger partial charge is 0.355 e. The Labute approximate surface area is 144 Å². The van der Waals surface area contributed by atoms with E-state index in [2.05, 4.69) is 33.4 Å². The van der Waals surface area contributed by atoms with Gasteiger partial charge in [-0.25, -0.2) is 0 Å². The quantitative estimate of drug-likeness (QED) is 0.816. The van der Waals surface area contributed by atoms with Crippen molar-refractivity contribution in [1.82, 2.24) is 5.32 Å². The third-order valence-electron chi connectivity index (χ3n) is 4.21. The van der Waals surface area contributed by atoms with Crippen LogP contribution in [0, 0.1) is 0 Å². The van der Waals surface area contributed by atoms with E-state index in [1.807, 2.05) is 36.4 Å². The normalized spacial score (nSPS) is 15.4. The molecule has 0 spiro atoms. The number of hydrogen-bond acceptors (Lipinski definition) is 1. The van der Waals surface area contributed by atoms with Crippen LogP contribution in [0.4, 0.5) is 0 Å². The Balaban J connectivity index is 1.56. The molecule has 0 saturated heterocycles. The Morgan fingerprint density at radius 2 is 1.73 bits per heavy atom.